The highest BCUT2D eigenvalue weighted by atomic mass is 19.1. The Hall–Kier alpha value is -2.36. The number of aryl methyl sites for hydroxylation is 1. The van der Waals surface area contributed by atoms with E-state index in [1.165, 1.54) is 19.2 Å². The van der Waals surface area contributed by atoms with Gasteiger partial charge in [0.15, 0.2) is 0 Å². The Kier molecular flexibility index (Phi) is 3.80. The largest absolute Gasteiger partial charge is 0.496 e. The van der Waals surface area contributed by atoms with Crippen LogP contribution in [-0.2, 0) is 0 Å². The number of methoxy groups -OCH3 is 1. The topological polar surface area (TPSA) is 35.5 Å². The van der Waals surface area contributed by atoms with Crippen LogP contribution in [0.2, 0.25) is 0 Å². The first-order valence-electron chi connectivity index (χ1n) is 5.72. The van der Waals surface area contributed by atoms with Gasteiger partial charge in [-0.25, -0.2) is 9.18 Å². The summed E-state index contributed by atoms with van der Waals surface area (Å²) in [6.45, 7) is 1.89. The molecule has 0 bridgehead atoms. The molecule has 0 radical (unpaired) electrons. The molecule has 0 aromatic heterocycles. The van der Waals surface area contributed by atoms with Crippen molar-refractivity contribution >= 4 is 5.97 Å². The first-order valence-corrected chi connectivity index (χ1v) is 5.72. The number of hydrogen-bond acceptors (Lipinski definition) is 3. The van der Waals surface area contributed by atoms with E-state index in [-0.39, 0.29) is 11.3 Å². The lowest BCUT2D eigenvalue weighted by Crippen LogP contribution is -2.10. The van der Waals surface area contributed by atoms with Gasteiger partial charge in [-0.2, -0.15) is 0 Å². The molecule has 2 aromatic rings. The van der Waals surface area contributed by atoms with Crippen molar-refractivity contribution in [1.82, 2.24) is 0 Å². The summed E-state index contributed by atoms with van der Waals surface area (Å²) in [5.74, 6) is -0.477. The number of rotatable bonds is 3. The fourth-order valence-corrected chi connectivity index (χ4v) is 1.68. The van der Waals surface area contributed by atoms with Gasteiger partial charge in [0, 0.05) is 0 Å². The molecule has 0 saturated carbocycles. The normalized spacial score (nSPS) is 10.1. The lowest BCUT2D eigenvalue weighted by Gasteiger charge is -2.08. The SMILES string of the molecule is COc1ccc(F)cc1C(=O)Oc1cccc(C)c1. The zero-order valence-electron chi connectivity index (χ0n) is 10.6. The van der Waals surface area contributed by atoms with Gasteiger partial charge in [-0.15, -0.1) is 0 Å². The highest BCUT2D eigenvalue weighted by Crippen LogP contribution is 2.22. The lowest BCUT2D eigenvalue weighted by atomic mass is 10.2. The van der Waals surface area contributed by atoms with Crippen molar-refractivity contribution in [2.75, 3.05) is 7.11 Å². The molecule has 3 nitrogen and oxygen atoms in total. The second kappa shape index (κ2) is 5.52. The molecule has 0 atom stereocenters. The van der Waals surface area contributed by atoms with Gasteiger partial charge < -0.3 is 9.47 Å². The fourth-order valence-electron chi connectivity index (χ4n) is 1.68. The Morgan fingerprint density at radius 1 is 1.16 bits per heavy atom. The molecule has 0 heterocycles. The van der Waals surface area contributed by atoms with Crippen LogP contribution in [-0.4, -0.2) is 13.1 Å². The Bertz CT molecular complexity index is 608. The van der Waals surface area contributed by atoms with Gasteiger partial charge in [0.1, 0.15) is 22.9 Å². The van der Waals surface area contributed by atoms with Gasteiger partial charge >= 0.3 is 5.97 Å². The summed E-state index contributed by atoms with van der Waals surface area (Å²) in [5.41, 5.74) is 1.03. The number of carbonyl (C=O) groups excluding carboxylic acids is 1. The van der Waals surface area contributed by atoms with Crippen LogP contribution in [0.3, 0.4) is 0 Å². The minimum absolute atomic E-state index is 0.0593. The van der Waals surface area contributed by atoms with E-state index in [9.17, 15) is 9.18 Å². The van der Waals surface area contributed by atoms with Gasteiger partial charge in [0.2, 0.25) is 0 Å². The van der Waals surface area contributed by atoms with E-state index < -0.39 is 11.8 Å². The molecule has 2 aromatic carbocycles. The van der Waals surface area contributed by atoms with Crippen LogP contribution in [0, 0.1) is 12.7 Å². The Balaban J connectivity index is 2.27. The van der Waals surface area contributed by atoms with Crippen molar-refractivity contribution in [1.29, 1.82) is 0 Å². The number of carbonyl (C=O) groups is 1. The van der Waals surface area contributed by atoms with E-state index >= 15 is 0 Å². The average molecular weight is 260 g/mol. The molecule has 0 saturated heterocycles. The molecule has 0 unspecified atom stereocenters. The summed E-state index contributed by atoms with van der Waals surface area (Å²) in [5, 5.41) is 0. The first kappa shape index (κ1) is 13.1. The second-order valence-electron chi connectivity index (χ2n) is 4.05. The van der Waals surface area contributed by atoms with Crippen molar-refractivity contribution in [2.24, 2.45) is 0 Å². The number of ether oxygens (including phenoxy) is 2. The van der Waals surface area contributed by atoms with E-state index in [1.807, 2.05) is 13.0 Å². The number of hydrogen-bond donors (Lipinski definition) is 0. The van der Waals surface area contributed by atoms with Gasteiger partial charge in [-0.1, -0.05) is 12.1 Å². The second-order valence-corrected chi connectivity index (χ2v) is 4.05. The monoisotopic (exact) mass is 260 g/mol. The minimum Gasteiger partial charge on any atom is -0.496 e. The molecule has 19 heavy (non-hydrogen) atoms. The molecule has 0 amide bonds. The van der Waals surface area contributed by atoms with E-state index in [0.717, 1.165) is 11.6 Å². The molecule has 0 aliphatic rings. The molecular weight excluding hydrogens is 247 g/mol. The van der Waals surface area contributed by atoms with Crippen molar-refractivity contribution < 1.29 is 18.7 Å². The molecule has 0 fully saturated rings. The summed E-state index contributed by atoms with van der Waals surface area (Å²) in [6, 6.07) is 10.8. The van der Waals surface area contributed by atoms with Gasteiger partial charge in [0.25, 0.3) is 0 Å². The molecule has 2 rings (SSSR count). The summed E-state index contributed by atoms with van der Waals surface area (Å²) in [7, 11) is 1.41. The quantitative estimate of drug-likeness (QED) is 0.627. The highest BCUT2D eigenvalue weighted by Gasteiger charge is 2.15. The number of benzene rings is 2. The third-order valence-electron chi connectivity index (χ3n) is 2.58. The summed E-state index contributed by atoms with van der Waals surface area (Å²) in [6.07, 6.45) is 0. The molecule has 0 spiro atoms. The fraction of sp³-hybridized carbons (Fsp3) is 0.133. The summed E-state index contributed by atoms with van der Waals surface area (Å²) in [4.78, 5) is 12.0. The summed E-state index contributed by atoms with van der Waals surface area (Å²) >= 11 is 0. The van der Waals surface area contributed by atoms with Crippen LogP contribution >= 0.6 is 0 Å². The Labute approximate surface area is 110 Å². The van der Waals surface area contributed by atoms with Crippen LogP contribution in [0.5, 0.6) is 11.5 Å². The maximum atomic E-state index is 13.2. The van der Waals surface area contributed by atoms with E-state index in [0.29, 0.717) is 5.75 Å². The summed E-state index contributed by atoms with van der Waals surface area (Å²) < 4.78 is 23.4. The Morgan fingerprint density at radius 3 is 2.63 bits per heavy atom. The van der Waals surface area contributed by atoms with Crippen LogP contribution in [0.1, 0.15) is 15.9 Å². The first-order chi connectivity index (χ1) is 9.10. The van der Waals surface area contributed by atoms with Gasteiger partial charge in [-0.3, -0.25) is 0 Å². The number of halogens is 1. The van der Waals surface area contributed by atoms with Crippen LogP contribution in [0.25, 0.3) is 0 Å². The van der Waals surface area contributed by atoms with Gasteiger partial charge in [-0.05, 0) is 42.8 Å². The average Bonchev–Trinajstić information content (AvgIpc) is 2.38. The molecule has 4 heteroatoms. The van der Waals surface area contributed by atoms with E-state index in [1.54, 1.807) is 18.2 Å². The van der Waals surface area contributed by atoms with Crippen molar-refractivity contribution in [3.8, 4) is 11.5 Å². The van der Waals surface area contributed by atoms with Crippen LogP contribution in [0.15, 0.2) is 42.5 Å². The van der Waals surface area contributed by atoms with Crippen molar-refractivity contribution in [3.63, 3.8) is 0 Å². The molecular formula is C15H13FO3. The molecule has 0 aliphatic heterocycles. The molecule has 0 aliphatic carbocycles. The van der Waals surface area contributed by atoms with Crippen LogP contribution in [0.4, 0.5) is 4.39 Å². The zero-order valence-corrected chi connectivity index (χ0v) is 10.6. The third-order valence-corrected chi connectivity index (χ3v) is 2.58. The third kappa shape index (κ3) is 3.10. The van der Waals surface area contributed by atoms with E-state index in [4.69, 9.17) is 9.47 Å². The number of esters is 1. The molecule has 98 valence electrons. The van der Waals surface area contributed by atoms with E-state index in [2.05, 4.69) is 0 Å². The lowest BCUT2D eigenvalue weighted by molar-refractivity contribution is 0.0730. The van der Waals surface area contributed by atoms with Gasteiger partial charge in [0.05, 0.1) is 7.11 Å². The van der Waals surface area contributed by atoms with Crippen LogP contribution < -0.4 is 9.47 Å². The minimum atomic E-state index is -0.651. The van der Waals surface area contributed by atoms with Crippen molar-refractivity contribution in [3.05, 3.63) is 59.4 Å². The molecule has 0 N–H and O–H groups in total. The maximum Gasteiger partial charge on any atom is 0.347 e. The predicted octanol–water partition coefficient (Wildman–Crippen LogP) is 3.36. The highest BCUT2D eigenvalue weighted by molar-refractivity contribution is 5.94. The predicted molar refractivity (Wildman–Crippen MR) is 69.1 cm³/mol. The zero-order chi connectivity index (χ0) is 13.8. The maximum absolute atomic E-state index is 13.2. The van der Waals surface area contributed by atoms with Crippen molar-refractivity contribution in [2.45, 2.75) is 6.92 Å². The standard InChI is InChI=1S/C15H13FO3/c1-10-4-3-5-12(8-10)19-15(17)13-9-11(16)6-7-14(13)18-2/h3-9H,1-2H3. The Morgan fingerprint density at radius 2 is 1.95 bits per heavy atom. The smallest absolute Gasteiger partial charge is 0.347 e.